The Bertz CT molecular complexity index is 509. The fraction of sp³-hybridized carbons (Fsp3) is 0.800. The molecule has 2 heteroatoms. The van der Waals surface area contributed by atoms with Gasteiger partial charge < -0.3 is 0 Å². The molecule has 0 aliphatic heterocycles. The molecule has 0 amide bonds. The van der Waals surface area contributed by atoms with Crippen molar-refractivity contribution in [3.05, 3.63) is 20.6 Å². The van der Waals surface area contributed by atoms with Gasteiger partial charge in [-0.2, -0.15) is 0 Å². The van der Waals surface area contributed by atoms with Crippen molar-refractivity contribution >= 4 is 8.07 Å². The second-order valence-electron chi connectivity index (χ2n) is 10.4. The van der Waals surface area contributed by atoms with Crippen molar-refractivity contribution in [3.8, 4) is 0 Å². The molecule has 22 heavy (non-hydrogen) atoms. The normalized spacial score (nSPS) is 24.1. The van der Waals surface area contributed by atoms with Crippen LogP contribution < -0.4 is 0 Å². The van der Waals surface area contributed by atoms with E-state index in [1.807, 2.05) is 15.0 Å². The van der Waals surface area contributed by atoms with Crippen LogP contribution in [0.4, 0.5) is 0 Å². The molecule has 126 valence electrons. The molecular formula is C20H38SiTi. The maximum absolute atomic E-state index is 2.64. The van der Waals surface area contributed by atoms with Crippen LogP contribution in [0.25, 0.3) is 0 Å². The summed E-state index contributed by atoms with van der Waals surface area (Å²) in [7, 11) is -1.23. The van der Waals surface area contributed by atoms with Crippen LogP contribution in [0.1, 0.15) is 53.4 Å². The van der Waals surface area contributed by atoms with Gasteiger partial charge in [-0.25, -0.2) is 0 Å². The van der Waals surface area contributed by atoms with Crippen LogP contribution in [0.2, 0.25) is 39.9 Å². The fourth-order valence-electron chi connectivity index (χ4n) is 4.47. The van der Waals surface area contributed by atoms with Gasteiger partial charge in [0.05, 0.1) is 0 Å². The summed E-state index contributed by atoms with van der Waals surface area (Å²) in [5.74, 6) is 0.844. The molecule has 1 atom stereocenters. The van der Waals surface area contributed by atoms with E-state index in [2.05, 4.69) is 56.5 Å². The number of hydrogen-bond donors (Lipinski definition) is 0. The zero-order valence-corrected chi connectivity index (χ0v) is 19.2. The van der Waals surface area contributed by atoms with Gasteiger partial charge in [-0.15, -0.1) is 0 Å². The van der Waals surface area contributed by atoms with E-state index < -0.39 is 24.7 Å². The monoisotopic (exact) mass is 354 g/mol. The van der Waals surface area contributed by atoms with Crippen molar-refractivity contribution in [2.45, 2.75) is 93.2 Å². The first-order chi connectivity index (χ1) is 9.86. The van der Waals surface area contributed by atoms with Crippen LogP contribution in [-0.4, -0.2) is 8.07 Å². The molecule has 0 heterocycles. The van der Waals surface area contributed by atoms with Crippen molar-refractivity contribution in [1.82, 2.24) is 0 Å². The summed E-state index contributed by atoms with van der Waals surface area (Å²) in [6.07, 6.45) is 5.63. The molecule has 0 aromatic carbocycles. The quantitative estimate of drug-likeness (QED) is 0.458. The average Bonchev–Trinajstić information content (AvgIpc) is 2.61. The van der Waals surface area contributed by atoms with E-state index in [0.29, 0.717) is 5.04 Å². The molecule has 0 saturated carbocycles. The molecule has 0 N–H and O–H groups in total. The van der Waals surface area contributed by atoms with Crippen LogP contribution in [0.3, 0.4) is 0 Å². The van der Waals surface area contributed by atoms with Gasteiger partial charge in [0, 0.05) is 0 Å². The van der Waals surface area contributed by atoms with E-state index in [-0.39, 0.29) is 0 Å². The van der Waals surface area contributed by atoms with Crippen molar-refractivity contribution in [2.24, 2.45) is 5.92 Å². The van der Waals surface area contributed by atoms with E-state index in [1.54, 1.807) is 5.57 Å². The second-order valence-corrected chi connectivity index (χ2v) is 23.9. The van der Waals surface area contributed by atoms with Crippen LogP contribution in [0.5, 0.6) is 0 Å². The van der Waals surface area contributed by atoms with E-state index in [0.717, 1.165) is 5.92 Å². The fourth-order valence-corrected chi connectivity index (χ4v) is 10.9. The minimum absolute atomic E-state index is 0.509. The van der Waals surface area contributed by atoms with Crippen LogP contribution >= 0.6 is 0 Å². The molecule has 0 spiro atoms. The van der Waals surface area contributed by atoms with Crippen molar-refractivity contribution < 1.29 is 16.6 Å². The Balaban J connectivity index is 2.44. The van der Waals surface area contributed by atoms with Crippen LogP contribution in [-0.2, 0) is 16.6 Å². The van der Waals surface area contributed by atoms with Gasteiger partial charge >= 0.3 is 144 Å². The first kappa shape index (κ1) is 18.7. The van der Waals surface area contributed by atoms with E-state index in [9.17, 15) is 0 Å². The van der Waals surface area contributed by atoms with Gasteiger partial charge in [0.25, 0.3) is 0 Å². The van der Waals surface area contributed by atoms with Gasteiger partial charge in [-0.05, 0) is 0 Å². The Hall–Kier alpha value is 0.411. The molecule has 0 aromatic rings. The van der Waals surface area contributed by atoms with E-state index in [1.165, 1.54) is 31.7 Å². The number of allylic oxidation sites excluding steroid dienone is 4. The zero-order chi connectivity index (χ0) is 16.9. The minimum atomic E-state index is -1.78. The van der Waals surface area contributed by atoms with Crippen molar-refractivity contribution in [3.63, 3.8) is 0 Å². The van der Waals surface area contributed by atoms with E-state index in [4.69, 9.17) is 0 Å². The molecule has 2 aliphatic rings. The van der Waals surface area contributed by atoms with E-state index >= 15 is 0 Å². The molecular weight excluding hydrogens is 316 g/mol. The molecule has 0 bridgehead atoms. The first-order valence-corrected chi connectivity index (χ1v) is 18.0. The van der Waals surface area contributed by atoms with Gasteiger partial charge in [0.15, 0.2) is 0 Å². The molecule has 0 fully saturated rings. The molecule has 0 saturated heterocycles. The summed E-state index contributed by atoms with van der Waals surface area (Å²) in [6.45, 7) is 15.2. The van der Waals surface area contributed by atoms with Gasteiger partial charge in [-0.3, -0.25) is 0 Å². The Kier molecular flexibility index (Phi) is 5.15. The molecule has 0 aromatic heterocycles. The number of hydrogen-bond acceptors (Lipinski definition) is 0. The predicted molar refractivity (Wildman–Crippen MR) is 101 cm³/mol. The Morgan fingerprint density at radius 3 is 2.09 bits per heavy atom. The third-order valence-corrected chi connectivity index (χ3v) is 15.8. The predicted octanol–water partition coefficient (Wildman–Crippen LogP) is 7.57. The SMILES string of the molecule is CC1=[C]([Ti]([CH3])([CH3])[CH3])C(C[Si](C)(C)C(C)(C)C)C2=C1CCCC2. The molecule has 2 aliphatic carbocycles. The van der Waals surface area contributed by atoms with Gasteiger partial charge in [0.1, 0.15) is 0 Å². The molecule has 1 unspecified atom stereocenters. The third-order valence-electron chi connectivity index (χ3n) is 6.69. The number of rotatable bonds is 3. The van der Waals surface area contributed by atoms with Gasteiger partial charge in [0.2, 0.25) is 0 Å². The van der Waals surface area contributed by atoms with Crippen molar-refractivity contribution in [2.75, 3.05) is 0 Å². The summed E-state index contributed by atoms with van der Waals surface area (Å²) in [5, 5.41) is 8.37. The summed E-state index contributed by atoms with van der Waals surface area (Å²) in [6, 6.07) is 1.49. The Morgan fingerprint density at radius 2 is 1.59 bits per heavy atom. The standard InChI is InChI=1S/C17H29Si.3CH3.Ti/c1-13-11-14(12-18(5,6)17(2,3)4)16-10-8-7-9-15(13)16;;;;/h14H,7-10,12H2,1-6H3;3*1H3;. The van der Waals surface area contributed by atoms with Crippen LogP contribution in [0.15, 0.2) is 20.6 Å². The molecule has 0 radical (unpaired) electrons. The zero-order valence-electron chi connectivity index (χ0n) is 16.6. The maximum atomic E-state index is 2.64. The Labute approximate surface area is 144 Å². The Morgan fingerprint density at radius 1 is 1.05 bits per heavy atom. The van der Waals surface area contributed by atoms with Gasteiger partial charge in [-0.1, -0.05) is 0 Å². The first-order valence-electron chi connectivity index (χ1n) is 9.30. The summed E-state index contributed by atoms with van der Waals surface area (Å²) in [4.78, 5) is 0. The topological polar surface area (TPSA) is 0 Å². The summed E-state index contributed by atoms with van der Waals surface area (Å²) in [5.41, 5.74) is 5.46. The van der Waals surface area contributed by atoms with Crippen LogP contribution in [0, 0.1) is 5.92 Å². The molecule has 0 nitrogen and oxygen atoms in total. The summed E-state index contributed by atoms with van der Waals surface area (Å²) >= 11 is -1.78. The average molecular weight is 354 g/mol. The summed E-state index contributed by atoms with van der Waals surface area (Å²) < 4.78 is 1.97. The van der Waals surface area contributed by atoms with Crippen molar-refractivity contribution in [1.29, 1.82) is 0 Å². The second kappa shape index (κ2) is 6.05. The third kappa shape index (κ3) is 3.42. The molecule has 2 rings (SSSR count).